The van der Waals surface area contributed by atoms with Gasteiger partial charge >= 0.3 is 0 Å². The van der Waals surface area contributed by atoms with E-state index in [1.807, 2.05) is 0 Å². The highest BCUT2D eigenvalue weighted by atomic mass is 19.1. The fraction of sp³-hybridized carbons (Fsp3) is 0.625. The molecule has 3 saturated carbocycles. The Hall–Kier alpha value is -0.960. The molecule has 1 nitrogen and oxygen atoms in total. The van der Waals surface area contributed by atoms with Crippen LogP contribution >= 0.6 is 0 Å². The third kappa shape index (κ3) is 1.74. The third-order valence-electron chi connectivity index (χ3n) is 5.75. The second kappa shape index (κ2) is 4.02. The van der Waals surface area contributed by atoms with Gasteiger partial charge in [0.2, 0.25) is 0 Å². The van der Waals surface area contributed by atoms with Gasteiger partial charge in [0.1, 0.15) is 11.6 Å². The second-order valence-electron chi connectivity index (χ2n) is 6.67. The number of rotatable bonds is 3. The normalized spacial score (nSPS) is 40.3. The lowest BCUT2D eigenvalue weighted by Gasteiger charge is -2.16. The first-order valence-electron chi connectivity index (χ1n) is 7.34. The van der Waals surface area contributed by atoms with E-state index < -0.39 is 0 Å². The zero-order valence-electron chi connectivity index (χ0n) is 10.9. The van der Waals surface area contributed by atoms with Crippen molar-refractivity contribution in [2.45, 2.75) is 31.7 Å². The molecule has 0 aliphatic heterocycles. The van der Waals surface area contributed by atoms with Gasteiger partial charge in [0.15, 0.2) is 0 Å². The van der Waals surface area contributed by atoms with Crippen molar-refractivity contribution in [2.24, 2.45) is 35.3 Å². The van der Waals surface area contributed by atoms with Gasteiger partial charge in [-0.1, -0.05) is 0 Å². The zero-order chi connectivity index (χ0) is 13.1. The van der Waals surface area contributed by atoms with Crippen LogP contribution in [-0.2, 0) is 6.42 Å². The van der Waals surface area contributed by atoms with Crippen molar-refractivity contribution in [3.05, 3.63) is 35.4 Å². The summed E-state index contributed by atoms with van der Waals surface area (Å²) in [6.45, 7) is 0. The van der Waals surface area contributed by atoms with Gasteiger partial charge in [-0.25, -0.2) is 8.78 Å². The summed E-state index contributed by atoms with van der Waals surface area (Å²) in [5.74, 6) is 3.21. The van der Waals surface area contributed by atoms with E-state index in [1.165, 1.54) is 31.4 Å². The van der Waals surface area contributed by atoms with Gasteiger partial charge in [0.25, 0.3) is 0 Å². The molecule has 3 heteroatoms. The summed E-state index contributed by atoms with van der Waals surface area (Å²) in [4.78, 5) is 0. The number of halogens is 2. The summed E-state index contributed by atoms with van der Waals surface area (Å²) in [5.41, 5.74) is 6.72. The first-order valence-corrected chi connectivity index (χ1v) is 7.34. The van der Waals surface area contributed by atoms with E-state index in [0.29, 0.717) is 17.9 Å². The standard InChI is InChI=1S/C16H19F2N/c17-11-3-4-12(18)10(6-11)7-13(19)16-14-8-1-2-9(5-8)15(14)16/h3-4,6,8-9,13-16H,1-2,5,7,19H2. The first kappa shape index (κ1) is 11.8. The summed E-state index contributed by atoms with van der Waals surface area (Å²) in [6, 6.07) is 3.66. The van der Waals surface area contributed by atoms with Crippen LogP contribution in [0.5, 0.6) is 0 Å². The Balaban J connectivity index is 1.48. The molecular formula is C16H19F2N. The lowest BCUT2D eigenvalue weighted by atomic mass is 9.94. The van der Waals surface area contributed by atoms with Crippen molar-refractivity contribution in [2.75, 3.05) is 0 Å². The fourth-order valence-corrected chi connectivity index (χ4v) is 5.05. The molecule has 0 spiro atoms. The van der Waals surface area contributed by atoms with Crippen LogP contribution in [0.1, 0.15) is 24.8 Å². The molecule has 3 aliphatic carbocycles. The molecule has 2 N–H and O–H groups in total. The predicted octanol–water partition coefficient (Wildman–Crippen LogP) is 3.13. The van der Waals surface area contributed by atoms with Crippen LogP contribution in [-0.4, -0.2) is 6.04 Å². The highest BCUT2D eigenvalue weighted by molar-refractivity contribution is 5.22. The lowest BCUT2D eigenvalue weighted by Crippen LogP contribution is -2.29. The monoisotopic (exact) mass is 263 g/mol. The molecule has 4 rings (SSSR count). The van der Waals surface area contributed by atoms with E-state index in [4.69, 9.17) is 5.73 Å². The van der Waals surface area contributed by atoms with E-state index in [1.54, 1.807) is 0 Å². The highest BCUT2D eigenvalue weighted by Gasteiger charge is 2.66. The number of fused-ring (bicyclic) bond motifs is 5. The minimum atomic E-state index is -0.375. The molecule has 0 amide bonds. The number of hydrogen-bond acceptors (Lipinski definition) is 1. The summed E-state index contributed by atoms with van der Waals surface area (Å²) >= 11 is 0. The molecule has 3 aliphatic rings. The summed E-state index contributed by atoms with van der Waals surface area (Å²) in [6.07, 6.45) is 4.60. The quantitative estimate of drug-likeness (QED) is 0.891. The summed E-state index contributed by atoms with van der Waals surface area (Å²) < 4.78 is 26.8. The molecule has 102 valence electrons. The maximum atomic E-state index is 13.6. The molecule has 0 saturated heterocycles. The number of nitrogens with two attached hydrogens (primary N) is 1. The van der Waals surface area contributed by atoms with Gasteiger partial charge in [-0.05, 0) is 79.0 Å². The average Bonchev–Trinajstić information content (AvgIpc) is 2.83. The fourth-order valence-electron chi connectivity index (χ4n) is 5.05. The molecule has 3 fully saturated rings. The highest BCUT2D eigenvalue weighted by Crippen LogP contribution is 2.70. The van der Waals surface area contributed by atoms with Gasteiger partial charge in [0, 0.05) is 6.04 Å². The molecule has 2 bridgehead atoms. The van der Waals surface area contributed by atoms with E-state index in [-0.39, 0.29) is 17.7 Å². The lowest BCUT2D eigenvalue weighted by molar-refractivity contribution is 0.406. The minimum Gasteiger partial charge on any atom is -0.327 e. The predicted molar refractivity (Wildman–Crippen MR) is 69.3 cm³/mol. The van der Waals surface area contributed by atoms with Gasteiger partial charge in [0.05, 0.1) is 0 Å². The molecule has 19 heavy (non-hydrogen) atoms. The Morgan fingerprint density at radius 2 is 1.84 bits per heavy atom. The van der Waals surface area contributed by atoms with Crippen molar-refractivity contribution in [1.82, 2.24) is 0 Å². The van der Waals surface area contributed by atoms with Crippen molar-refractivity contribution in [1.29, 1.82) is 0 Å². The Morgan fingerprint density at radius 1 is 1.16 bits per heavy atom. The van der Waals surface area contributed by atoms with Crippen LogP contribution in [0.15, 0.2) is 18.2 Å². The van der Waals surface area contributed by atoms with E-state index in [0.717, 1.165) is 29.7 Å². The molecule has 0 radical (unpaired) electrons. The zero-order valence-corrected chi connectivity index (χ0v) is 10.9. The third-order valence-corrected chi connectivity index (χ3v) is 5.75. The molecule has 1 aromatic carbocycles. The second-order valence-corrected chi connectivity index (χ2v) is 6.67. The molecule has 0 aromatic heterocycles. The smallest absolute Gasteiger partial charge is 0.126 e. The van der Waals surface area contributed by atoms with Crippen LogP contribution in [0, 0.1) is 41.2 Å². The van der Waals surface area contributed by atoms with Gasteiger partial charge in [-0.2, -0.15) is 0 Å². The maximum absolute atomic E-state index is 13.6. The van der Waals surface area contributed by atoms with Crippen LogP contribution in [0.4, 0.5) is 8.78 Å². The van der Waals surface area contributed by atoms with Crippen LogP contribution in [0.25, 0.3) is 0 Å². The van der Waals surface area contributed by atoms with Crippen LogP contribution < -0.4 is 5.73 Å². The largest absolute Gasteiger partial charge is 0.327 e. The van der Waals surface area contributed by atoms with E-state index in [9.17, 15) is 8.78 Å². The molecule has 0 heterocycles. The number of hydrogen-bond donors (Lipinski definition) is 1. The van der Waals surface area contributed by atoms with Crippen molar-refractivity contribution in [3.8, 4) is 0 Å². The SMILES string of the molecule is NC(Cc1cc(F)ccc1F)C1C2C3CCC(C3)C12. The molecular weight excluding hydrogens is 244 g/mol. The Bertz CT molecular complexity index is 499. The molecule has 5 atom stereocenters. The van der Waals surface area contributed by atoms with Gasteiger partial charge < -0.3 is 5.73 Å². The van der Waals surface area contributed by atoms with Gasteiger partial charge in [-0.15, -0.1) is 0 Å². The first-order chi connectivity index (χ1) is 9.15. The maximum Gasteiger partial charge on any atom is 0.126 e. The molecule has 5 unspecified atom stereocenters. The topological polar surface area (TPSA) is 26.0 Å². The van der Waals surface area contributed by atoms with Crippen molar-refractivity contribution >= 4 is 0 Å². The Kier molecular flexibility index (Phi) is 2.50. The Labute approximate surface area is 112 Å². The van der Waals surface area contributed by atoms with Crippen LogP contribution in [0.3, 0.4) is 0 Å². The van der Waals surface area contributed by atoms with Crippen molar-refractivity contribution < 1.29 is 8.78 Å². The Morgan fingerprint density at radius 3 is 2.53 bits per heavy atom. The van der Waals surface area contributed by atoms with Crippen LogP contribution in [0.2, 0.25) is 0 Å². The van der Waals surface area contributed by atoms with E-state index in [2.05, 4.69) is 0 Å². The average molecular weight is 263 g/mol. The molecule has 1 aromatic rings. The van der Waals surface area contributed by atoms with E-state index >= 15 is 0 Å². The number of benzene rings is 1. The minimum absolute atomic E-state index is 0.00491. The summed E-state index contributed by atoms with van der Waals surface area (Å²) in [7, 11) is 0. The summed E-state index contributed by atoms with van der Waals surface area (Å²) in [5, 5.41) is 0. The van der Waals surface area contributed by atoms with Gasteiger partial charge in [-0.3, -0.25) is 0 Å². The van der Waals surface area contributed by atoms with Crippen molar-refractivity contribution in [3.63, 3.8) is 0 Å².